The summed E-state index contributed by atoms with van der Waals surface area (Å²) in [6, 6.07) is 16.7. The minimum Gasteiger partial charge on any atom is -0.497 e. The van der Waals surface area contributed by atoms with Gasteiger partial charge in [0.25, 0.3) is 0 Å². The van der Waals surface area contributed by atoms with Crippen LogP contribution in [0.3, 0.4) is 0 Å². The van der Waals surface area contributed by atoms with Gasteiger partial charge < -0.3 is 14.2 Å². The Balaban J connectivity index is 1.63. The Kier molecular flexibility index (Phi) is 7.51. The maximum absolute atomic E-state index is 5.46. The van der Waals surface area contributed by atoms with Crippen LogP contribution in [0.15, 0.2) is 48.5 Å². The Bertz CT molecular complexity index is 617. The molecular weight excluding hydrogens is 340 g/mol. The van der Waals surface area contributed by atoms with E-state index in [4.69, 9.17) is 14.2 Å². The molecule has 2 aromatic carbocycles. The van der Waals surface area contributed by atoms with Crippen molar-refractivity contribution in [3.05, 3.63) is 59.7 Å². The number of morpholine rings is 1. The second-order valence-electron chi connectivity index (χ2n) is 6.86. The van der Waals surface area contributed by atoms with Gasteiger partial charge in [0, 0.05) is 39.3 Å². The molecule has 5 nitrogen and oxygen atoms in total. The van der Waals surface area contributed by atoms with E-state index in [0.717, 1.165) is 64.0 Å². The van der Waals surface area contributed by atoms with E-state index >= 15 is 0 Å². The first kappa shape index (κ1) is 19.7. The lowest BCUT2D eigenvalue weighted by Crippen LogP contribution is -2.41. The van der Waals surface area contributed by atoms with E-state index in [2.05, 4.69) is 34.1 Å². The fourth-order valence-electron chi connectivity index (χ4n) is 3.30. The zero-order valence-corrected chi connectivity index (χ0v) is 16.4. The molecule has 5 heteroatoms. The number of benzene rings is 2. The van der Waals surface area contributed by atoms with Gasteiger partial charge in [-0.3, -0.25) is 9.80 Å². The first-order valence-electron chi connectivity index (χ1n) is 9.55. The zero-order chi connectivity index (χ0) is 18.9. The van der Waals surface area contributed by atoms with E-state index < -0.39 is 0 Å². The standard InChI is InChI=1S/C22H30N2O3/c1-25-21-7-3-19(4-8-21)17-24(12-11-23-13-15-27-16-14-23)18-20-5-9-22(26-2)10-6-20/h3-10H,11-18H2,1-2H3. The van der Waals surface area contributed by atoms with Gasteiger partial charge in [-0.25, -0.2) is 0 Å². The third-order valence-electron chi connectivity index (χ3n) is 4.97. The van der Waals surface area contributed by atoms with Gasteiger partial charge in [0.2, 0.25) is 0 Å². The third kappa shape index (κ3) is 6.24. The van der Waals surface area contributed by atoms with Gasteiger partial charge >= 0.3 is 0 Å². The molecule has 0 N–H and O–H groups in total. The zero-order valence-electron chi connectivity index (χ0n) is 16.4. The lowest BCUT2D eigenvalue weighted by molar-refractivity contribution is 0.0325. The number of ether oxygens (including phenoxy) is 3. The summed E-state index contributed by atoms with van der Waals surface area (Å²) in [5.41, 5.74) is 2.59. The highest BCUT2D eigenvalue weighted by Gasteiger charge is 2.13. The summed E-state index contributed by atoms with van der Waals surface area (Å²) >= 11 is 0. The van der Waals surface area contributed by atoms with Crippen LogP contribution in [0, 0.1) is 0 Å². The maximum Gasteiger partial charge on any atom is 0.118 e. The topological polar surface area (TPSA) is 34.2 Å². The minimum atomic E-state index is 0.844. The van der Waals surface area contributed by atoms with Crippen LogP contribution in [0.4, 0.5) is 0 Å². The maximum atomic E-state index is 5.46. The van der Waals surface area contributed by atoms with Crippen molar-refractivity contribution in [2.75, 3.05) is 53.6 Å². The number of methoxy groups -OCH3 is 2. The largest absolute Gasteiger partial charge is 0.497 e. The molecule has 1 aliphatic heterocycles. The van der Waals surface area contributed by atoms with E-state index in [9.17, 15) is 0 Å². The SMILES string of the molecule is COc1ccc(CN(CCN2CCOCC2)Cc2ccc(OC)cc2)cc1. The monoisotopic (exact) mass is 370 g/mol. The Labute approximate surface area is 162 Å². The molecule has 1 fully saturated rings. The Morgan fingerprint density at radius 2 is 1.30 bits per heavy atom. The summed E-state index contributed by atoms with van der Waals surface area (Å²) in [6.07, 6.45) is 0. The molecule has 0 unspecified atom stereocenters. The Hall–Kier alpha value is -2.08. The van der Waals surface area contributed by atoms with Crippen molar-refractivity contribution in [3.8, 4) is 11.5 Å². The van der Waals surface area contributed by atoms with Gasteiger partial charge in [-0.1, -0.05) is 24.3 Å². The molecule has 1 heterocycles. The Morgan fingerprint density at radius 3 is 1.74 bits per heavy atom. The highest BCUT2D eigenvalue weighted by Crippen LogP contribution is 2.17. The van der Waals surface area contributed by atoms with Gasteiger partial charge in [0.15, 0.2) is 0 Å². The van der Waals surface area contributed by atoms with Crippen molar-refractivity contribution in [1.29, 1.82) is 0 Å². The van der Waals surface area contributed by atoms with E-state index in [0.29, 0.717) is 0 Å². The molecule has 0 radical (unpaired) electrons. The minimum absolute atomic E-state index is 0.844. The summed E-state index contributed by atoms with van der Waals surface area (Å²) < 4.78 is 16.0. The fourth-order valence-corrected chi connectivity index (χ4v) is 3.30. The van der Waals surface area contributed by atoms with Crippen molar-refractivity contribution in [2.24, 2.45) is 0 Å². The molecule has 0 aromatic heterocycles. The Morgan fingerprint density at radius 1 is 0.815 bits per heavy atom. The summed E-state index contributed by atoms with van der Waals surface area (Å²) in [6.45, 7) is 7.67. The van der Waals surface area contributed by atoms with Crippen LogP contribution >= 0.6 is 0 Å². The van der Waals surface area contributed by atoms with Gasteiger partial charge in [-0.15, -0.1) is 0 Å². The number of hydrogen-bond donors (Lipinski definition) is 0. The van der Waals surface area contributed by atoms with Crippen LogP contribution < -0.4 is 9.47 Å². The molecule has 0 atom stereocenters. The van der Waals surface area contributed by atoms with Crippen molar-refractivity contribution in [2.45, 2.75) is 13.1 Å². The molecule has 27 heavy (non-hydrogen) atoms. The van der Waals surface area contributed by atoms with Gasteiger partial charge in [0.05, 0.1) is 27.4 Å². The summed E-state index contributed by atoms with van der Waals surface area (Å²) in [7, 11) is 3.40. The highest BCUT2D eigenvalue weighted by molar-refractivity contribution is 5.28. The first-order valence-corrected chi connectivity index (χ1v) is 9.55. The van der Waals surface area contributed by atoms with Gasteiger partial charge in [-0.05, 0) is 35.4 Å². The predicted octanol–water partition coefficient (Wildman–Crippen LogP) is 3.04. The summed E-state index contributed by atoms with van der Waals surface area (Å²) in [5, 5.41) is 0. The highest BCUT2D eigenvalue weighted by atomic mass is 16.5. The van der Waals surface area contributed by atoms with Crippen LogP contribution in [0.2, 0.25) is 0 Å². The van der Waals surface area contributed by atoms with Crippen LogP contribution in [0.25, 0.3) is 0 Å². The molecular formula is C22H30N2O3. The molecule has 0 aliphatic carbocycles. The first-order chi connectivity index (χ1) is 13.3. The average Bonchev–Trinajstić information content (AvgIpc) is 2.74. The van der Waals surface area contributed by atoms with Crippen LogP contribution in [0.1, 0.15) is 11.1 Å². The van der Waals surface area contributed by atoms with Crippen LogP contribution in [-0.4, -0.2) is 63.4 Å². The lowest BCUT2D eigenvalue weighted by Gasteiger charge is -2.30. The molecule has 3 rings (SSSR count). The van der Waals surface area contributed by atoms with Crippen molar-refractivity contribution in [1.82, 2.24) is 9.80 Å². The van der Waals surface area contributed by atoms with Crippen molar-refractivity contribution >= 4 is 0 Å². The van der Waals surface area contributed by atoms with Crippen LogP contribution in [0.5, 0.6) is 11.5 Å². The van der Waals surface area contributed by atoms with Gasteiger partial charge in [0.1, 0.15) is 11.5 Å². The average molecular weight is 370 g/mol. The number of rotatable bonds is 9. The van der Waals surface area contributed by atoms with E-state index in [-0.39, 0.29) is 0 Å². The normalized spacial score (nSPS) is 15.1. The predicted molar refractivity (Wildman–Crippen MR) is 107 cm³/mol. The summed E-state index contributed by atoms with van der Waals surface area (Å²) in [5.74, 6) is 1.79. The smallest absolute Gasteiger partial charge is 0.118 e. The molecule has 0 spiro atoms. The van der Waals surface area contributed by atoms with Crippen molar-refractivity contribution in [3.63, 3.8) is 0 Å². The molecule has 0 bridgehead atoms. The number of nitrogens with zero attached hydrogens (tertiary/aromatic N) is 2. The van der Waals surface area contributed by atoms with E-state index in [1.54, 1.807) is 14.2 Å². The second kappa shape index (κ2) is 10.3. The molecule has 2 aromatic rings. The lowest BCUT2D eigenvalue weighted by atomic mass is 10.1. The van der Waals surface area contributed by atoms with Crippen molar-refractivity contribution < 1.29 is 14.2 Å². The second-order valence-corrected chi connectivity index (χ2v) is 6.86. The van der Waals surface area contributed by atoms with Gasteiger partial charge in [-0.2, -0.15) is 0 Å². The molecule has 0 amide bonds. The molecule has 0 saturated carbocycles. The number of hydrogen-bond acceptors (Lipinski definition) is 5. The molecule has 1 aliphatic rings. The van der Waals surface area contributed by atoms with E-state index in [1.165, 1.54) is 11.1 Å². The molecule has 146 valence electrons. The fraction of sp³-hybridized carbons (Fsp3) is 0.455. The van der Waals surface area contributed by atoms with E-state index in [1.807, 2.05) is 24.3 Å². The van der Waals surface area contributed by atoms with Crippen LogP contribution in [-0.2, 0) is 17.8 Å². The third-order valence-corrected chi connectivity index (χ3v) is 4.97. The molecule has 1 saturated heterocycles. The quantitative estimate of drug-likeness (QED) is 0.678. The summed E-state index contributed by atoms with van der Waals surface area (Å²) in [4.78, 5) is 4.98.